The first-order valence-corrected chi connectivity index (χ1v) is 14.5. The summed E-state index contributed by atoms with van der Waals surface area (Å²) in [4.78, 5) is 37.8. The van der Waals surface area contributed by atoms with E-state index in [1.165, 1.54) is 25.7 Å². The minimum absolute atomic E-state index is 0.00822. The number of hydrogen-bond donors (Lipinski definition) is 3. The first kappa shape index (κ1) is 27.7. The van der Waals surface area contributed by atoms with Crippen molar-refractivity contribution in [3.05, 3.63) is 23.5 Å². The molecule has 2 bridgehead atoms. The van der Waals surface area contributed by atoms with Crippen LogP contribution in [-0.4, -0.2) is 49.6 Å². The van der Waals surface area contributed by atoms with Gasteiger partial charge >= 0.3 is 0 Å². The molecule has 3 amide bonds. The molecular formula is C30H42FN3O5. The molecule has 4 aliphatic rings. The second kappa shape index (κ2) is 11.0. The van der Waals surface area contributed by atoms with Crippen LogP contribution in [0.4, 0.5) is 4.39 Å². The Hall–Kier alpha value is -2.84. The number of rotatable bonds is 10. The van der Waals surface area contributed by atoms with Crippen LogP contribution < -0.4 is 25.4 Å². The maximum Gasteiger partial charge on any atom is 0.255 e. The SMILES string of the molecule is COc1cc(F)c(OC2CCC(C)(NC=O)CC2)cc1C(=O)N[C@@H]1[C@H]2CC[C@H](C2)[C@@H]1C(=O)NCC1(C)CCC1. The number of carbonyl (C=O) groups excluding carboxylic acids is 3. The predicted molar refractivity (Wildman–Crippen MR) is 144 cm³/mol. The molecule has 0 heterocycles. The van der Waals surface area contributed by atoms with Gasteiger partial charge in [-0.05, 0) is 88.0 Å². The Kier molecular flexibility index (Phi) is 7.80. The molecule has 0 unspecified atom stereocenters. The summed E-state index contributed by atoms with van der Waals surface area (Å²) in [6.45, 7) is 4.88. The van der Waals surface area contributed by atoms with Crippen molar-refractivity contribution in [2.75, 3.05) is 13.7 Å². The van der Waals surface area contributed by atoms with Gasteiger partial charge in [0.25, 0.3) is 5.91 Å². The molecule has 8 nitrogen and oxygen atoms in total. The van der Waals surface area contributed by atoms with E-state index in [-0.39, 0.29) is 69.7 Å². The van der Waals surface area contributed by atoms with E-state index in [9.17, 15) is 18.8 Å². The zero-order valence-corrected chi connectivity index (χ0v) is 23.3. The molecule has 4 saturated carbocycles. The quantitative estimate of drug-likeness (QED) is 0.385. The molecule has 5 rings (SSSR count). The molecule has 4 aliphatic carbocycles. The maximum absolute atomic E-state index is 15.0. The summed E-state index contributed by atoms with van der Waals surface area (Å²) in [5.74, 6) is -0.533. The van der Waals surface area contributed by atoms with Gasteiger partial charge in [0.2, 0.25) is 12.3 Å². The molecule has 1 aromatic carbocycles. The highest BCUT2D eigenvalue weighted by atomic mass is 19.1. The summed E-state index contributed by atoms with van der Waals surface area (Å²) in [6, 6.07) is 2.35. The average Bonchev–Trinajstić information content (AvgIpc) is 3.50. The van der Waals surface area contributed by atoms with Gasteiger partial charge in [-0.15, -0.1) is 0 Å². The maximum atomic E-state index is 15.0. The van der Waals surface area contributed by atoms with E-state index < -0.39 is 5.82 Å². The first-order chi connectivity index (χ1) is 18.6. The number of nitrogens with one attached hydrogen (secondary N) is 3. The van der Waals surface area contributed by atoms with Crippen LogP contribution in [-0.2, 0) is 9.59 Å². The molecule has 0 spiro atoms. The largest absolute Gasteiger partial charge is 0.496 e. The van der Waals surface area contributed by atoms with Crippen LogP contribution in [0.1, 0.15) is 88.4 Å². The lowest BCUT2D eigenvalue weighted by molar-refractivity contribution is -0.128. The minimum atomic E-state index is -0.593. The third-order valence-corrected chi connectivity index (χ3v) is 10.0. The van der Waals surface area contributed by atoms with Gasteiger partial charge in [-0.1, -0.05) is 13.3 Å². The van der Waals surface area contributed by atoms with E-state index in [1.807, 2.05) is 6.92 Å². The third kappa shape index (κ3) is 5.73. The Morgan fingerprint density at radius 2 is 1.77 bits per heavy atom. The summed E-state index contributed by atoms with van der Waals surface area (Å²) >= 11 is 0. The van der Waals surface area contributed by atoms with Crippen molar-refractivity contribution in [1.29, 1.82) is 0 Å². The van der Waals surface area contributed by atoms with E-state index in [2.05, 4.69) is 22.9 Å². The van der Waals surface area contributed by atoms with Crippen molar-refractivity contribution in [3.8, 4) is 11.5 Å². The Morgan fingerprint density at radius 3 is 2.41 bits per heavy atom. The first-order valence-electron chi connectivity index (χ1n) is 14.5. The lowest BCUT2D eigenvalue weighted by Crippen LogP contribution is -2.51. The molecule has 4 atom stereocenters. The molecule has 0 saturated heterocycles. The van der Waals surface area contributed by atoms with Crippen molar-refractivity contribution in [2.45, 2.75) is 95.7 Å². The molecule has 0 aliphatic heterocycles. The minimum Gasteiger partial charge on any atom is -0.496 e. The highest BCUT2D eigenvalue weighted by Crippen LogP contribution is 2.49. The average molecular weight is 544 g/mol. The van der Waals surface area contributed by atoms with Crippen LogP contribution in [0.3, 0.4) is 0 Å². The number of amides is 3. The number of methoxy groups -OCH3 is 1. The van der Waals surface area contributed by atoms with Crippen molar-refractivity contribution in [2.24, 2.45) is 23.2 Å². The van der Waals surface area contributed by atoms with Crippen molar-refractivity contribution >= 4 is 18.2 Å². The van der Waals surface area contributed by atoms with Crippen LogP contribution in [0, 0.1) is 29.0 Å². The molecule has 214 valence electrons. The topological polar surface area (TPSA) is 106 Å². The lowest BCUT2D eigenvalue weighted by Gasteiger charge is -2.39. The number of ether oxygens (including phenoxy) is 2. The van der Waals surface area contributed by atoms with Crippen LogP contribution in [0.2, 0.25) is 0 Å². The van der Waals surface area contributed by atoms with E-state index in [1.54, 1.807) is 0 Å². The number of fused-ring (bicyclic) bond motifs is 2. The Morgan fingerprint density at radius 1 is 1.05 bits per heavy atom. The van der Waals surface area contributed by atoms with E-state index in [4.69, 9.17) is 9.47 Å². The second-order valence-corrected chi connectivity index (χ2v) is 12.9. The Bertz CT molecular complexity index is 1100. The van der Waals surface area contributed by atoms with Gasteiger partial charge < -0.3 is 25.4 Å². The van der Waals surface area contributed by atoms with Gasteiger partial charge in [0.1, 0.15) is 5.75 Å². The van der Waals surface area contributed by atoms with Gasteiger partial charge in [-0.3, -0.25) is 14.4 Å². The van der Waals surface area contributed by atoms with Crippen molar-refractivity contribution in [1.82, 2.24) is 16.0 Å². The zero-order chi connectivity index (χ0) is 27.8. The molecule has 0 aromatic heterocycles. The molecule has 9 heteroatoms. The number of halogens is 1. The fourth-order valence-electron chi connectivity index (χ4n) is 7.27. The van der Waals surface area contributed by atoms with Gasteiger partial charge in [-0.25, -0.2) is 4.39 Å². The molecular weight excluding hydrogens is 501 g/mol. The third-order valence-electron chi connectivity index (χ3n) is 10.0. The van der Waals surface area contributed by atoms with Gasteiger partial charge in [0.15, 0.2) is 11.6 Å². The van der Waals surface area contributed by atoms with Crippen LogP contribution in [0.15, 0.2) is 12.1 Å². The van der Waals surface area contributed by atoms with E-state index in [0.717, 1.165) is 32.1 Å². The van der Waals surface area contributed by atoms with E-state index in [0.29, 0.717) is 38.6 Å². The van der Waals surface area contributed by atoms with Gasteiger partial charge in [0.05, 0.1) is 24.7 Å². The Labute approximate surface area is 230 Å². The molecule has 39 heavy (non-hydrogen) atoms. The summed E-state index contributed by atoms with van der Waals surface area (Å²) in [6.07, 6.45) is 9.66. The number of hydrogen-bond acceptors (Lipinski definition) is 5. The standard InChI is InChI=1S/C30H42FN3O5/c1-29(9-4-10-29)16-32-28(37)25-18-5-6-19(13-18)26(25)34-27(36)21-14-24(22(31)15-23(21)38-3)39-20-7-11-30(2,12-8-20)33-17-35/h14-15,17-20,25-26H,4-13,16H2,1-3H3,(H,32,37)(H,33,35)(H,34,36)/t18-,19+,20?,25+,26-,30?/m1/s1. The normalized spacial score (nSPS) is 32.6. The Balaban J connectivity index is 1.27. The van der Waals surface area contributed by atoms with Gasteiger partial charge in [-0.2, -0.15) is 0 Å². The highest BCUT2D eigenvalue weighted by Gasteiger charge is 2.51. The summed E-state index contributed by atoms with van der Waals surface area (Å²) in [7, 11) is 1.41. The van der Waals surface area contributed by atoms with Crippen LogP contribution in [0.25, 0.3) is 0 Å². The number of carbonyl (C=O) groups is 3. The van der Waals surface area contributed by atoms with Crippen LogP contribution in [0.5, 0.6) is 11.5 Å². The number of benzene rings is 1. The fraction of sp³-hybridized carbons (Fsp3) is 0.700. The molecule has 3 N–H and O–H groups in total. The van der Waals surface area contributed by atoms with Crippen LogP contribution >= 0.6 is 0 Å². The highest BCUT2D eigenvalue weighted by molar-refractivity contribution is 5.98. The summed E-state index contributed by atoms with van der Waals surface area (Å²) in [5.41, 5.74) is 0.0943. The summed E-state index contributed by atoms with van der Waals surface area (Å²) in [5, 5.41) is 9.18. The summed E-state index contributed by atoms with van der Waals surface area (Å²) < 4.78 is 26.4. The fourth-order valence-corrected chi connectivity index (χ4v) is 7.27. The molecule has 0 radical (unpaired) electrons. The van der Waals surface area contributed by atoms with Crippen molar-refractivity contribution < 1.29 is 28.2 Å². The van der Waals surface area contributed by atoms with Crippen molar-refractivity contribution in [3.63, 3.8) is 0 Å². The second-order valence-electron chi connectivity index (χ2n) is 12.9. The lowest BCUT2D eigenvalue weighted by atomic mass is 9.70. The van der Waals surface area contributed by atoms with E-state index >= 15 is 0 Å². The zero-order valence-electron chi connectivity index (χ0n) is 23.3. The molecule has 1 aromatic rings. The van der Waals surface area contributed by atoms with Gasteiger partial charge in [0, 0.05) is 24.2 Å². The smallest absolute Gasteiger partial charge is 0.255 e. The predicted octanol–water partition coefficient (Wildman–Crippen LogP) is 4.11. The monoisotopic (exact) mass is 543 g/mol. The molecule has 4 fully saturated rings.